The summed E-state index contributed by atoms with van der Waals surface area (Å²) in [4.78, 5) is 36.9. The number of quaternary nitrogens is 1. The molecule has 0 aliphatic rings. The van der Waals surface area contributed by atoms with Crippen LogP contribution in [0.4, 0.5) is 0 Å². The van der Waals surface area contributed by atoms with E-state index in [-0.39, 0.29) is 42.7 Å². The van der Waals surface area contributed by atoms with Crippen molar-refractivity contribution >= 4 is 17.9 Å². The Morgan fingerprint density at radius 3 is 1.37 bits per heavy atom. The zero-order chi connectivity index (χ0) is 44.2. The number of aliphatic carboxylic acids is 1. The van der Waals surface area contributed by atoms with Crippen molar-refractivity contribution in [2.24, 2.45) is 0 Å². The van der Waals surface area contributed by atoms with Crippen LogP contribution in [-0.2, 0) is 28.6 Å². The molecule has 0 aromatic heterocycles. The molecule has 0 amide bonds. The molecule has 2 unspecified atom stereocenters. The molecule has 0 radical (unpaired) electrons. The number of esters is 2. The van der Waals surface area contributed by atoms with Crippen LogP contribution in [0.1, 0.15) is 213 Å². The smallest absolute Gasteiger partial charge is 0.306 e. The summed E-state index contributed by atoms with van der Waals surface area (Å²) in [6, 6.07) is -0.729. The monoisotopic (exact) mass is 844 g/mol. The van der Waals surface area contributed by atoms with Gasteiger partial charge in [0.1, 0.15) is 12.6 Å². The lowest BCUT2D eigenvalue weighted by Gasteiger charge is -2.34. The summed E-state index contributed by atoms with van der Waals surface area (Å²) in [7, 11) is 5.41. The average Bonchev–Trinajstić information content (AvgIpc) is 3.21. The van der Waals surface area contributed by atoms with E-state index in [0.29, 0.717) is 12.8 Å². The number of hydrogen-bond donors (Lipinski definition) is 0. The number of unbranched alkanes of at least 4 members (excludes halogenated alkanes) is 22. The molecule has 0 aliphatic heterocycles. The van der Waals surface area contributed by atoms with Gasteiger partial charge in [-0.15, -0.1) is 0 Å². The van der Waals surface area contributed by atoms with Gasteiger partial charge in [0, 0.05) is 19.3 Å². The molecule has 8 heteroatoms. The summed E-state index contributed by atoms with van der Waals surface area (Å²) in [6.45, 7) is 4.55. The van der Waals surface area contributed by atoms with Crippen molar-refractivity contribution in [2.75, 3.05) is 41.0 Å². The molecule has 0 aromatic carbocycles. The van der Waals surface area contributed by atoms with Gasteiger partial charge in [-0.3, -0.25) is 9.59 Å². The summed E-state index contributed by atoms with van der Waals surface area (Å²) in [5, 5.41) is 11.6. The fraction of sp³-hybridized carbons (Fsp3) is 0.788. The Kier molecular flexibility index (Phi) is 41.0. The maximum absolute atomic E-state index is 12.7. The molecular weight excluding hydrogens is 751 g/mol. The first kappa shape index (κ1) is 57.3. The summed E-state index contributed by atoms with van der Waals surface area (Å²) in [5.74, 6) is -1.75. The minimum Gasteiger partial charge on any atom is -0.544 e. The summed E-state index contributed by atoms with van der Waals surface area (Å²) in [6.07, 6.45) is 51.4. The minimum absolute atomic E-state index is 0.0345. The highest BCUT2D eigenvalue weighted by Gasteiger charge is 2.25. The van der Waals surface area contributed by atoms with E-state index in [1.807, 2.05) is 0 Å². The number of ether oxygens (including phenoxy) is 3. The Balaban J connectivity index is 4.25. The highest BCUT2D eigenvalue weighted by Crippen LogP contribution is 2.14. The predicted molar refractivity (Wildman–Crippen MR) is 250 cm³/mol. The van der Waals surface area contributed by atoms with E-state index < -0.39 is 18.1 Å². The van der Waals surface area contributed by atoms with Crippen LogP contribution in [0.25, 0.3) is 0 Å². The lowest BCUT2D eigenvalue weighted by molar-refractivity contribution is -0.889. The van der Waals surface area contributed by atoms with Crippen molar-refractivity contribution in [3.63, 3.8) is 0 Å². The highest BCUT2D eigenvalue weighted by molar-refractivity contribution is 5.70. The lowest BCUT2D eigenvalue weighted by atomic mass is 10.1. The molecule has 8 nitrogen and oxygen atoms in total. The Morgan fingerprint density at radius 2 is 0.933 bits per heavy atom. The van der Waals surface area contributed by atoms with E-state index in [0.717, 1.165) is 70.6 Å². The van der Waals surface area contributed by atoms with Gasteiger partial charge in [-0.25, -0.2) is 0 Å². The van der Waals surface area contributed by atoms with Gasteiger partial charge >= 0.3 is 11.9 Å². The molecule has 2 atom stereocenters. The number of carboxylic acids is 1. The second-order valence-electron chi connectivity index (χ2n) is 17.7. The number of allylic oxidation sites excluding steroid dienone is 8. The van der Waals surface area contributed by atoms with Gasteiger partial charge in [-0.05, 0) is 70.6 Å². The molecule has 0 spiro atoms. The SMILES string of the molecule is CC/C=C/C/C=C/CCCCCCCCCC(=O)OC(COCCC(C(=O)[O-])[N+](C)(C)C)COC(=O)CCCCCCCCC/C=C/C/C=C/CCCCCCCCCC. The molecule has 0 heterocycles. The van der Waals surface area contributed by atoms with Crippen LogP contribution >= 0.6 is 0 Å². The number of likely N-dealkylation sites (N-methyl/N-ethyl adjacent to an activating group) is 1. The third-order valence-electron chi connectivity index (χ3n) is 10.9. The van der Waals surface area contributed by atoms with Crippen LogP contribution in [0, 0.1) is 0 Å². The third kappa shape index (κ3) is 40.7. The quantitative estimate of drug-likeness (QED) is 0.0260. The van der Waals surface area contributed by atoms with Gasteiger partial charge in [-0.2, -0.15) is 0 Å². The first-order valence-corrected chi connectivity index (χ1v) is 24.7. The normalized spacial score (nSPS) is 13.3. The van der Waals surface area contributed by atoms with Gasteiger partial charge in [0.25, 0.3) is 0 Å². The molecule has 0 rings (SSSR count). The number of rotatable bonds is 44. The fourth-order valence-electron chi connectivity index (χ4n) is 7.14. The van der Waals surface area contributed by atoms with Crippen LogP contribution in [0.2, 0.25) is 0 Å². The molecule has 0 saturated heterocycles. The van der Waals surface area contributed by atoms with Gasteiger partial charge in [0.15, 0.2) is 6.10 Å². The zero-order valence-electron chi connectivity index (χ0n) is 39.6. The fourth-order valence-corrected chi connectivity index (χ4v) is 7.14. The van der Waals surface area contributed by atoms with Crippen LogP contribution in [0.3, 0.4) is 0 Å². The van der Waals surface area contributed by atoms with Crippen molar-refractivity contribution in [2.45, 2.75) is 225 Å². The van der Waals surface area contributed by atoms with Gasteiger partial charge < -0.3 is 28.6 Å². The number of hydrogen-bond acceptors (Lipinski definition) is 7. The number of carboxylic acid groups (broad SMARTS) is 1. The van der Waals surface area contributed by atoms with Crippen LogP contribution in [-0.4, -0.2) is 75.5 Å². The van der Waals surface area contributed by atoms with Gasteiger partial charge in [-0.1, -0.05) is 172 Å². The molecule has 0 bridgehead atoms. The largest absolute Gasteiger partial charge is 0.544 e. The van der Waals surface area contributed by atoms with Crippen molar-refractivity contribution in [3.8, 4) is 0 Å². The van der Waals surface area contributed by atoms with Crippen LogP contribution < -0.4 is 5.11 Å². The lowest BCUT2D eigenvalue weighted by Crippen LogP contribution is -2.55. The first-order chi connectivity index (χ1) is 29.1. The van der Waals surface area contributed by atoms with E-state index in [4.69, 9.17) is 14.2 Å². The maximum Gasteiger partial charge on any atom is 0.306 e. The average molecular weight is 844 g/mol. The zero-order valence-corrected chi connectivity index (χ0v) is 39.6. The van der Waals surface area contributed by atoms with Crippen molar-refractivity contribution < 1.29 is 38.2 Å². The summed E-state index contributed by atoms with van der Waals surface area (Å²) < 4.78 is 17.2. The van der Waals surface area contributed by atoms with E-state index in [9.17, 15) is 19.5 Å². The molecule has 0 N–H and O–H groups in total. The first-order valence-electron chi connectivity index (χ1n) is 24.7. The summed E-state index contributed by atoms with van der Waals surface area (Å²) >= 11 is 0. The predicted octanol–water partition coefficient (Wildman–Crippen LogP) is 12.6. The molecule has 0 saturated carbocycles. The number of carbonyl (C=O) groups is 3. The van der Waals surface area contributed by atoms with Gasteiger partial charge in [0.2, 0.25) is 0 Å². The Bertz CT molecular complexity index is 1120. The molecule has 0 aliphatic carbocycles. The van der Waals surface area contributed by atoms with E-state index in [1.54, 1.807) is 21.1 Å². The van der Waals surface area contributed by atoms with Gasteiger partial charge in [0.05, 0.1) is 40.3 Å². The number of carbonyl (C=O) groups excluding carboxylic acids is 3. The molecule has 0 aromatic rings. The highest BCUT2D eigenvalue weighted by atomic mass is 16.6. The minimum atomic E-state index is -1.13. The topological polar surface area (TPSA) is 102 Å². The second kappa shape index (κ2) is 43.0. The molecule has 60 heavy (non-hydrogen) atoms. The molecular formula is C52H93NO7. The Labute approximate surface area is 369 Å². The van der Waals surface area contributed by atoms with E-state index in [1.165, 1.54) is 109 Å². The van der Waals surface area contributed by atoms with Crippen molar-refractivity contribution in [3.05, 3.63) is 48.6 Å². The van der Waals surface area contributed by atoms with Crippen molar-refractivity contribution in [1.82, 2.24) is 0 Å². The van der Waals surface area contributed by atoms with Crippen molar-refractivity contribution in [1.29, 1.82) is 0 Å². The second-order valence-corrected chi connectivity index (χ2v) is 17.7. The van der Waals surface area contributed by atoms with Crippen LogP contribution in [0.5, 0.6) is 0 Å². The number of nitrogens with zero attached hydrogens (tertiary/aromatic N) is 1. The third-order valence-corrected chi connectivity index (χ3v) is 10.9. The summed E-state index contributed by atoms with van der Waals surface area (Å²) in [5.41, 5.74) is 0. The van der Waals surface area contributed by atoms with E-state index >= 15 is 0 Å². The van der Waals surface area contributed by atoms with Crippen LogP contribution in [0.15, 0.2) is 48.6 Å². The standard InChI is InChI=1S/C52H93NO7/c1-6-8-10-12-14-16-18-20-22-23-24-25-26-27-28-29-31-32-34-36-38-40-42-50(54)59-47-48(46-58-45-44-49(52(56)57)53(3,4)5)60-51(55)43-41-39-37-35-33-30-21-19-17-15-13-11-9-7-2/h9,11,15,17,23-24,26-27,48-49H,6-8,10,12-14,16,18-22,25,28-47H2,1-5H3/b11-9+,17-15+,24-23+,27-26+. The Hall–Kier alpha value is -2.71. The molecule has 348 valence electrons. The molecule has 0 fully saturated rings. The Morgan fingerprint density at radius 1 is 0.517 bits per heavy atom. The maximum atomic E-state index is 12.7. The van der Waals surface area contributed by atoms with E-state index in [2.05, 4.69) is 62.5 Å².